The second-order valence-electron chi connectivity index (χ2n) is 8.16. The number of anilines is 2. The number of aromatic nitrogens is 2. The predicted octanol–water partition coefficient (Wildman–Crippen LogP) is 4.62. The summed E-state index contributed by atoms with van der Waals surface area (Å²) in [7, 11) is 1.65. The maximum absolute atomic E-state index is 12.9. The number of piperidine rings is 1. The normalized spacial score (nSPS) is 16.1. The van der Waals surface area contributed by atoms with Crippen molar-refractivity contribution in [1.29, 1.82) is 0 Å². The minimum atomic E-state index is -0.0716. The van der Waals surface area contributed by atoms with Gasteiger partial charge in [0, 0.05) is 24.3 Å². The van der Waals surface area contributed by atoms with Gasteiger partial charge in [-0.25, -0.2) is 0 Å². The highest BCUT2D eigenvalue weighted by Gasteiger charge is 2.27. The zero-order valence-corrected chi connectivity index (χ0v) is 18.3. The Bertz CT molecular complexity index is 1030. The van der Waals surface area contributed by atoms with E-state index in [1.165, 1.54) is 0 Å². The molecule has 1 fully saturated rings. The van der Waals surface area contributed by atoms with Gasteiger partial charge in [0.2, 0.25) is 5.91 Å². The van der Waals surface area contributed by atoms with Crippen LogP contribution in [-0.2, 0) is 4.79 Å². The molecule has 160 valence electrons. The molecule has 0 aliphatic carbocycles. The lowest BCUT2D eigenvalue weighted by molar-refractivity contribution is -0.120. The van der Waals surface area contributed by atoms with E-state index in [1.807, 2.05) is 62.4 Å². The lowest BCUT2D eigenvalue weighted by atomic mass is 9.97. The maximum atomic E-state index is 12.9. The minimum absolute atomic E-state index is 0.0671. The molecule has 3 aromatic rings. The number of carbonyl (C=O) groups is 1. The van der Waals surface area contributed by atoms with Crippen molar-refractivity contribution in [2.24, 2.45) is 5.92 Å². The smallest absolute Gasteiger partial charge is 0.229 e. The van der Waals surface area contributed by atoms with Gasteiger partial charge in [-0.05, 0) is 86.3 Å². The topological polar surface area (TPSA) is 67.3 Å². The third kappa shape index (κ3) is 5.02. The van der Waals surface area contributed by atoms with E-state index in [4.69, 9.17) is 4.74 Å². The van der Waals surface area contributed by atoms with Gasteiger partial charge in [-0.2, -0.15) is 0 Å². The second-order valence-corrected chi connectivity index (χ2v) is 8.16. The lowest BCUT2D eigenvalue weighted by Crippen LogP contribution is -2.41. The molecule has 31 heavy (non-hydrogen) atoms. The third-order valence-corrected chi connectivity index (χ3v) is 5.64. The van der Waals surface area contributed by atoms with E-state index in [1.54, 1.807) is 7.11 Å². The Morgan fingerprint density at radius 3 is 2.42 bits per heavy atom. The number of methoxy groups -OCH3 is 1. The Morgan fingerprint density at radius 2 is 1.77 bits per heavy atom. The Hall–Kier alpha value is -3.41. The molecule has 1 aliphatic heterocycles. The average Bonchev–Trinajstić information content (AvgIpc) is 2.79. The van der Waals surface area contributed by atoms with Gasteiger partial charge in [-0.1, -0.05) is 6.07 Å². The summed E-state index contributed by atoms with van der Waals surface area (Å²) < 4.78 is 5.21. The number of carbonyl (C=O) groups excluding carboxylic acids is 1. The summed E-state index contributed by atoms with van der Waals surface area (Å²) in [6.07, 6.45) is 1.83. The first-order valence-corrected chi connectivity index (χ1v) is 10.6. The number of hydrogen-bond acceptors (Lipinski definition) is 5. The summed E-state index contributed by atoms with van der Waals surface area (Å²) >= 11 is 0. The standard InChI is InChI=1S/C25H28N4O2/c1-17-13-18(2)15-21(14-17)26-25(30)20-5-4-12-29(16-20)24-11-10-23(27-28-24)19-6-8-22(31-3)9-7-19/h6-11,13-15,20H,4-5,12,16H2,1-3H3,(H,26,30). The van der Waals surface area contributed by atoms with Crippen molar-refractivity contribution >= 4 is 17.4 Å². The Labute approximate surface area is 183 Å². The van der Waals surface area contributed by atoms with Gasteiger partial charge in [0.15, 0.2) is 5.82 Å². The number of hydrogen-bond donors (Lipinski definition) is 1. The van der Waals surface area contributed by atoms with Crippen molar-refractivity contribution in [3.05, 3.63) is 65.7 Å². The van der Waals surface area contributed by atoms with Crippen molar-refractivity contribution < 1.29 is 9.53 Å². The van der Waals surface area contributed by atoms with Crippen LogP contribution >= 0.6 is 0 Å². The highest BCUT2D eigenvalue weighted by atomic mass is 16.5. The highest BCUT2D eigenvalue weighted by molar-refractivity contribution is 5.93. The molecule has 1 amide bonds. The van der Waals surface area contributed by atoms with E-state index in [0.717, 1.165) is 59.0 Å². The van der Waals surface area contributed by atoms with E-state index < -0.39 is 0 Å². The van der Waals surface area contributed by atoms with Gasteiger partial charge in [0.1, 0.15) is 5.75 Å². The van der Waals surface area contributed by atoms with Gasteiger partial charge in [-0.3, -0.25) is 4.79 Å². The zero-order chi connectivity index (χ0) is 21.8. The van der Waals surface area contributed by atoms with E-state index in [0.29, 0.717) is 6.54 Å². The van der Waals surface area contributed by atoms with E-state index in [9.17, 15) is 4.79 Å². The van der Waals surface area contributed by atoms with E-state index >= 15 is 0 Å². The van der Waals surface area contributed by atoms with Crippen molar-refractivity contribution in [2.75, 3.05) is 30.4 Å². The molecule has 6 nitrogen and oxygen atoms in total. The van der Waals surface area contributed by atoms with Crippen molar-refractivity contribution in [1.82, 2.24) is 10.2 Å². The van der Waals surface area contributed by atoms with E-state index in [-0.39, 0.29) is 11.8 Å². The van der Waals surface area contributed by atoms with E-state index in [2.05, 4.69) is 26.5 Å². The molecular formula is C25H28N4O2. The molecule has 1 aromatic heterocycles. The average molecular weight is 417 g/mol. The second kappa shape index (κ2) is 9.16. The predicted molar refractivity (Wildman–Crippen MR) is 124 cm³/mol. The summed E-state index contributed by atoms with van der Waals surface area (Å²) in [5.74, 6) is 1.61. The summed E-state index contributed by atoms with van der Waals surface area (Å²) in [4.78, 5) is 15.0. The molecule has 2 aromatic carbocycles. The van der Waals surface area contributed by atoms with Gasteiger partial charge < -0.3 is 15.0 Å². The summed E-state index contributed by atoms with van der Waals surface area (Å²) in [6.45, 7) is 5.61. The van der Waals surface area contributed by atoms with Crippen LogP contribution in [0.2, 0.25) is 0 Å². The molecule has 2 heterocycles. The van der Waals surface area contributed by atoms with Crippen LogP contribution in [0.1, 0.15) is 24.0 Å². The quantitative estimate of drug-likeness (QED) is 0.657. The molecule has 1 N–H and O–H groups in total. The Balaban J connectivity index is 1.42. The molecule has 1 saturated heterocycles. The summed E-state index contributed by atoms with van der Waals surface area (Å²) in [6, 6.07) is 17.8. The van der Waals surface area contributed by atoms with Crippen LogP contribution < -0.4 is 15.0 Å². The van der Waals surface area contributed by atoms with Crippen LogP contribution in [0.25, 0.3) is 11.3 Å². The molecule has 6 heteroatoms. The monoisotopic (exact) mass is 416 g/mol. The fraction of sp³-hybridized carbons (Fsp3) is 0.320. The van der Waals surface area contributed by atoms with Crippen LogP contribution in [0.3, 0.4) is 0 Å². The molecule has 0 radical (unpaired) electrons. The first-order valence-electron chi connectivity index (χ1n) is 10.6. The third-order valence-electron chi connectivity index (χ3n) is 5.64. The number of nitrogens with one attached hydrogen (secondary N) is 1. The van der Waals surface area contributed by atoms with Crippen LogP contribution in [0.4, 0.5) is 11.5 Å². The summed E-state index contributed by atoms with van der Waals surface area (Å²) in [5, 5.41) is 11.9. The maximum Gasteiger partial charge on any atom is 0.229 e. The molecule has 1 aliphatic rings. The molecule has 0 saturated carbocycles. The largest absolute Gasteiger partial charge is 0.497 e. The molecule has 1 unspecified atom stereocenters. The highest BCUT2D eigenvalue weighted by Crippen LogP contribution is 2.25. The van der Waals surface area contributed by atoms with Crippen LogP contribution in [-0.4, -0.2) is 36.3 Å². The van der Waals surface area contributed by atoms with Crippen molar-refractivity contribution in [3.8, 4) is 17.0 Å². The molecule has 4 rings (SSSR count). The van der Waals surface area contributed by atoms with Gasteiger partial charge >= 0.3 is 0 Å². The van der Waals surface area contributed by atoms with Gasteiger partial charge in [0.25, 0.3) is 0 Å². The first-order chi connectivity index (χ1) is 15.0. The van der Waals surface area contributed by atoms with Crippen molar-refractivity contribution in [2.45, 2.75) is 26.7 Å². The molecule has 0 spiro atoms. The minimum Gasteiger partial charge on any atom is -0.497 e. The number of benzene rings is 2. The molecule has 1 atom stereocenters. The fourth-order valence-corrected chi connectivity index (χ4v) is 4.10. The Morgan fingerprint density at radius 1 is 1.03 bits per heavy atom. The lowest BCUT2D eigenvalue weighted by Gasteiger charge is -2.32. The van der Waals surface area contributed by atoms with Crippen LogP contribution in [0.15, 0.2) is 54.6 Å². The van der Waals surface area contributed by atoms with Gasteiger partial charge in [-0.15, -0.1) is 10.2 Å². The molecular weight excluding hydrogens is 388 g/mol. The fourth-order valence-electron chi connectivity index (χ4n) is 4.10. The number of ether oxygens (including phenoxy) is 1. The SMILES string of the molecule is COc1ccc(-c2ccc(N3CCCC(C(=O)Nc4cc(C)cc(C)c4)C3)nn2)cc1. The Kier molecular flexibility index (Phi) is 6.16. The van der Waals surface area contributed by atoms with Crippen LogP contribution in [0.5, 0.6) is 5.75 Å². The number of amides is 1. The van der Waals surface area contributed by atoms with Gasteiger partial charge in [0.05, 0.1) is 18.7 Å². The van der Waals surface area contributed by atoms with Crippen molar-refractivity contribution in [3.63, 3.8) is 0 Å². The molecule has 0 bridgehead atoms. The number of aryl methyl sites for hydroxylation is 2. The number of nitrogens with zero attached hydrogens (tertiary/aromatic N) is 3. The number of rotatable bonds is 5. The first kappa shape index (κ1) is 20.8. The van der Waals surface area contributed by atoms with Crippen LogP contribution in [0, 0.1) is 19.8 Å². The summed E-state index contributed by atoms with van der Waals surface area (Å²) in [5.41, 5.74) is 4.96. The zero-order valence-electron chi connectivity index (χ0n) is 18.3.